The highest BCUT2D eigenvalue weighted by atomic mass is 19.1. The molecule has 0 radical (unpaired) electrons. The number of halogens is 1. The molecule has 0 aliphatic heterocycles. The molecule has 0 unspecified atom stereocenters. The number of imidazole rings is 1. The van der Waals surface area contributed by atoms with Crippen LogP contribution in [0.5, 0.6) is 0 Å². The van der Waals surface area contributed by atoms with Crippen LogP contribution in [-0.4, -0.2) is 27.8 Å². The number of anilines is 1. The van der Waals surface area contributed by atoms with Gasteiger partial charge in [-0.15, -0.1) is 0 Å². The number of nitrogens with zero attached hydrogens (tertiary/aromatic N) is 1. The summed E-state index contributed by atoms with van der Waals surface area (Å²) in [6.45, 7) is 1.57. The maximum absolute atomic E-state index is 13.1. The van der Waals surface area contributed by atoms with E-state index in [-0.39, 0.29) is 12.3 Å². The standard InChI is InChI=1S/C18H17FN4O2/c1-11(20-16(24)10-12-5-4-6-13(19)9-12)17(25)23-18-21-14-7-2-3-8-15(14)22-18/h2-9,11H,10H2,1H3,(H,20,24)(H2,21,22,23,25)/t11-/m1/s1. The monoisotopic (exact) mass is 340 g/mol. The molecule has 0 bridgehead atoms. The van der Waals surface area contributed by atoms with Gasteiger partial charge in [0.15, 0.2) is 0 Å². The lowest BCUT2D eigenvalue weighted by molar-refractivity contribution is -0.125. The fraction of sp³-hybridized carbons (Fsp3) is 0.167. The Kier molecular flexibility index (Phi) is 4.74. The molecule has 0 fully saturated rings. The van der Waals surface area contributed by atoms with Crippen molar-refractivity contribution in [3.63, 3.8) is 0 Å². The molecule has 1 atom stereocenters. The van der Waals surface area contributed by atoms with Crippen molar-refractivity contribution < 1.29 is 14.0 Å². The number of amides is 2. The van der Waals surface area contributed by atoms with Gasteiger partial charge in [-0.25, -0.2) is 9.37 Å². The van der Waals surface area contributed by atoms with Gasteiger partial charge in [-0.3, -0.25) is 14.9 Å². The van der Waals surface area contributed by atoms with Crippen LogP contribution in [0.3, 0.4) is 0 Å². The lowest BCUT2D eigenvalue weighted by Crippen LogP contribution is -2.42. The first-order valence-electron chi connectivity index (χ1n) is 7.80. The summed E-state index contributed by atoms with van der Waals surface area (Å²) >= 11 is 0. The van der Waals surface area contributed by atoms with Crippen LogP contribution in [0.15, 0.2) is 48.5 Å². The van der Waals surface area contributed by atoms with Crippen molar-refractivity contribution in [1.82, 2.24) is 15.3 Å². The molecule has 0 aliphatic carbocycles. The Morgan fingerprint density at radius 1 is 1.20 bits per heavy atom. The highest BCUT2D eigenvalue weighted by molar-refractivity contribution is 5.97. The van der Waals surface area contributed by atoms with Crippen LogP contribution in [0, 0.1) is 5.82 Å². The summed E-state index contributed by atoms with van der Waals surface area (Å²) in [6, 6.07) is 12.4. The van der Waals surface area contributed by atoms with Crippen LogP contribution in [0.4, 0.5) is 10.3 Å². The number of carbonyl (C=O) groups excluding carboxylic acids is 2. The molecule has 128 valence electrons. The fourth-order valence-corrected chi connectivity index (χ4v) is 2.43. The van der Waals surface area contributed by atoms with E-state index < -0.39 is 17.8 Å². The third-order valence-corrected chi connectivity index (χ3v) is 3.66. The van der Waals surface area contributed by atoms with Gasteiger partial charge in [0.05, 0.1) is 17.5 Å². The third-order valence-electron chi connectivity index (χ3n) is 3.66. The van der Waals surface area contributed by atoms with Crippen LogP contribution < -0.4 is 10.6 Å². The maximum Gasteiger partial charge on any atom is 0.248 e. The molecule has 3 rings (SSSR count). The lowest BCUT2D eigenvalue weighted by Gasteiger charge is -2.13. The summed E-state index contributed by atoms with van der Waals surface area (Å²) in [5.41, 5.74) is 2.09. The van der Waals surface area contributed by atoms with Crippen molar-refractivity contribution in [2.45, 2.75) is 19.4 Å². The second-order valence-electron chi connectivity index (χ2n) is 5.69. The predicted octanol–water partition coefficient (Wildman–Crippen LogP) is 2.39. The summed E-state index contributed by atoms with van der Waals surface area (Å²) in [4.78, 5) is 31.4. The van der Waals surface area contributed by atoms with Gasteiger partial charge in [0.1, 0.15) is 11.9 Å². The summed E-state index contributed by atoms with van der Waals surface area (Å²) in [7, 11) is 0. The molecular weight excluding hydrogens is 323 g/mol. The molecule has 2 aromatic carbocycles. The number of carbonyl (C=O) groups is 2. The molecule has 0 saturated carbocycles. The van der Waals surface area contributed by atoms with Crippen LogP contribution in [-0.2, 0) is 16.0 Å². The summed E-state index contributed by atoms with van der Waals surface area (Å²) in [5, 5.41) is 5.22. The molecule has 1 aromatic heterocycles. The van der Waals surface area contributed by atoms with Gasteiger partial charge in [0.25, 0.3) is 0 Å². The highest BCUT2D eigenvalue weighted by Crippen LogP contribution is 2.13. The van der Waals surface area contributed by atoms with Gasteiger partial charge < -0.3 is 10.3 Å². The maximum atomic E-state index is 13.1. The zero-order valence-electron chi connectivity index (χ0n) is 13.5. The SMILES string of the molecule is C[C@@H](NC(=O)Cc1cccc(F)c1)C(=O)Nc1nc2ccccc2[nH]1. The molecule has 0 aliphatic rings. The van der Waals surface area contributed by atoms with Gasteiger partial charge in [-0.2, -0.15) is 0 Å². The molecule has 3 aromatic rings. The van der Waals surface area contributed by atoms with E-state index in [1.807, 2.05) is 24.3 Å². The highest BCUT2D eigenvalue weighted by Gasteiger charge is 2.17. The average Bonchev–Trinajstić information content (AvgIpc) is 2.96. The minimum absolute atomic E-state index is 0.0000176. The number of aromatic amines is 1. The van der Waals surface area contributed by atoms with Crippen molar-refractivity contribution in [3.8, 4) is 0 Å². The van der Waals surface area contributed by atoms with Crippen LogP contribution in [0.25, 0.3) is 11.0 Å². The number of H-pyrrole nitrogens is 1. The zero-order valence-corrected chi connectivity index (χ0v) is 13.5. The molecule has 25 heavy (non-hydrogen) atoms. The second kappa shape index (κ2) is 7.12. The molecular formula is C18H17FN4O2. The lowest BCUT2D eigenvalue weighted by atomic mass is 10.1. The average molecular weight is 340 g/mol. The molecule has 3 N–H and O–H groups in total. The summed E-state index contributed by atoms with van der Waals surface area (Å²) in [6.07, 6.45) is 0.0000176. The van der Waals surface area contributed by atoms with E-state index in [0.29, 0.717) is 11.5 Å². The quantitative estimate of drug-likeness (QED) is 0.666. The minimum atomic E-state index is -0.755. The van der Waals surface area contributed by atoms with Crippen molar-refractivity contribution >= 4 is 28.8 Å². The van der Waals surface area contributed by atoms with Crippen molar-refractivity contribution in [2.24, 2.45) is 0 Å². The predicted molar refractivity (Wildman–Crippen MR) is 92.4 cm³/mol. The number of para-hydroxylation sites is 2. The van der Waals surface area contributed by atoms with Crippen molar-refractivity contribution in [3.05, 3.63) is 59.9 Å². The number of benzene rings is 2. The van der Waals surface area contributed by atoms with E-state index in [9.17, 15) is 14.0 Å². The topological polar surface area (TPSA) is 86.9 Å². The Hall–Kier alpha value is -3.22. The van der Waals surface area contributed by atoms with Gasteiger partial charge in [0, 0.05) is 0 Å². The minimum Gasteiger partial charge on any atom is -0.344 e. The number of rotatable bonds is 5. The van der Waals surface area contributed by atoms with Crippen LogP contribution in [0.1, 0.15) is 12.5 Å². The smallest absolute Gasteiger partial charge is 0.248 e. The number of hydrogen-bond donors (Lipinski definition) is 3. The molecule has 0 saturated heterocycles. The van der Waals surface area contributed by atoms with Gasteiger partial charge >= 0.3 is 0 Å². The van der Waals surface area contributed by atoms with Crippen LogP contribution in [0.2, 0.25) is 0 Å². The van der Waals surface area contributed by atoms with Crippen molar-refractivity contribution in [2.75, 3.05) is 5.32 Å². The normalized spacial score (nSPS) is 11.9. The molecule has 7 heteroatoms. The van der Waals surface area contributed by atoms with E-state index in [4.69, 9.17) is 0 Å². The fourth-order valence-electron chi connectivity index (χ4n) is 2.43. The Bertz CT molecular complexity index is 889. The first kappa shape index (κ1) is 16.6. The third kappa shape index (κ3) is 4.20. The molecule has 2 amide bonds. The Balaban J connectivity index is 1.57. The van der Waals surface area contributed by atoms with Gasteiger partial charge in [-0.05, 0) is 36.8 Å². The van der Waals surface area contributed by atoms with Gasteiger partial charge in [-0.1, -0.05) is 24.3 Å². The van der Waals surface area contributed by atoms with E-state index in [2.05, 4.69) is 20.6 Å². The Labute approximate surface area is 143 Å². The first-order chi connectivity index (χ1) is 12.0. The van der Waals surface area contributed by atoms with E-state index in [1.54, 1.807) is 13.0 Å². The number of aromatic nitrogens is 2. The molecule has 6 nitrogen and oxygen atoms in total. The zero-order chi connectivity index (χ0) is 17.8. The second-order valence-corrected chi connectivity index (χ2v) is 5.69. The molecule has 1 heterocycles. The molecule has 0 spiro atoms. The Morgan fingerprint density at radius 2 is 2.00 bits per heavy atom. The van der Waals surface area contributed by atoms with Gasteiger partial charge in [0.2, 0.25) is 17.8 Å². The Morgan fingerprint density at radius 3 is 2.76 bits per heavy atom. The van der Waals surface area contributed by atoms with Crippen molar-refractivity contribution in [1.29, 1.82) is 0 Å². The summed E-state index contributed by atoms with van der Waals surface area (Å²) < 4.78 is 13.1. The summed E-state index contributed by atoms with van der Waals surface area (Å²) in [5.74, 6) is -0.845. The van der Waals surface area contributed by atoms with E-state index in [0.717, 1.165) is 11.0 Å². The van der Waals surface area contributed by atoms with Crippen LogP contribution >= 0.6 is 0 Å². The number of fused-ring (bicyclic) bond motifs is 1. The largest absolute Gasteiger partial charge is 0.344 e. The number of nitrogens with one attached hydrogen (secondary N) is 3. The first-order valence-corrected chi connectivity index (χ1v) is 7.80. The van der Waals surface area contributed by atoms with E-state index >= 15 is 0 Å². The van der Waals surface area contributed by atoms with E-state index in [1.165, 1.54) is 18.2 Å². The number of hydrogen-bond acceptors (Lipinski definition) is 3.